The molecule has 2 atom stereocenters. The van der Waals surface area contributed by atoms with Crippen molar-refractivity contribution in [2.24, 2.45) is 0 Å². The molecule has 0 saturated heterocycles. The molecule has 4 nitrogen and oxygen atoms in total. The Kier molecular flexibility index (Phi) is 6.44. The molecule has 1 rings (SSSR count). The van der Waals surface area contributed by atoms with Gasteiger partial charge >= 0.3 is 0 Å². The summed E-state index contributed by atoms with van der Waals surface area (Å²) < 4.78 is 7.29. The van der Waals surface area contributed by atoms with Crippen LogP contribution in [0.25, 0.3) is 0 Å². The van der Waals surface area contributed by atoms with Crippen molar-refractivity contribution < 1.29 is 4.74 Å². The summed E-state index contributed by atoms with van der Waals surface area (Å²) in [5.74, 6) is 3.18. The lowest BCUT2D eigenvalue weighted by Crippen LogP contribution is -2.22. The second kappa shape index (κ2) is 7.61. The summed E-state index contributed by atoms with van der Waals surface area (Å²) in [5.41, 5.74) is 0. The molecule has 0 radical (unpaired) electrons. The molecule has 1 N–H and O–H groups in total. The van der Waals surface area contributed by atoms with E-state index in [1.54, 1.807) is 7.11 Å². The predicted molar refractivity (Wildman–Crippen MR) is 74.9 cm³/mol. The van der Waals surface area contributed by atoms with E-state index in [0.29, 0.717) is 18.7 Å². The Morgan fingerprint density at radius 3 is 2.94 bits per heavy atom. The van der Waals surface area contributed by atoms with E-state index < -0.39 is 0 Å². The van der Waals surface area contributed by atoms with E-state index in [4.69, 9.17) is 4.74 Å². The maximum absolute atomic E-state index is 5.17. The number of thioether (sulfide) groups is 1. The molecule has 1 heterocycles. The van der Waals surface area contributed by atoms with E-state index >= 15 is 0 Å². The van der Waals surface area contributed by atoms with E-state index in [2.05, 4.69) is 35.6 Å². The summed E-state index contributed by atoms with van der Waals surface area (Å²) in [7, 11) is 1.72. The van der Waals surface area contributed by atoms with Crippen molar-refractivity contribution in [2.45, 2.75) is 32.9 Å². The first-order valence-corrected chi connectivity index (χ1v) is 7.20. The molecule has 0 amide bonds. The van der Waals surface area contributed by atoms with Crippen LogP contribution in [-0.4, -0.2) is 40.8 Å². The smallest absolute Gasteiger partial charge is 0.203 e. The summed E-state index contributed by atoms with van der Waals surface area (Å²) in [5, 5.41) is 3.44. The number of nitrogens with one attached hydrogen (secondary N) is 1. The fourth-order valence-corrected chi connectivity index (χ4v) is 2.33. The molecule has 98 valence electrons. The zero-order valence-corrected chi connectivity index (χ0v) is 12.0. The van der Waals surface area contributed by atoms with Crippen molar-refractivity contribution in [3.63, 3.8) is 0 Å². The van der Waals surface area contributed by atoms with Crippen LogP contribution in [0, 0.1) is 0 Å². The van der Waals surface area contributed by atoms with Gasteiger partial charge in [0.1, 0.15) is 0 Å². The molecule has 0 aliphatic carbocycles. The van der Waals surface area contributed by atoms with Crippen molar-refractivity contribution in [1.82, 2.24) is 9.55 Å². The fourth-order valence-electron chi connectivity index (χ4n) is 1.66. The first kappa shape index (κ1) is 14.4. The average Bonchev–Trinajstić information content (AvgIpc) is 2.75. The highest BCUT2D eigenvalue weighted by Gasteiger charge is 2.11. The first-order valence-electron chi connectivity index (χ1n) is 6.05. The molecule has 0 aliphatic rings. The molecular formula is C12H23N3OS. The Hall–Kier alpha value is -0.680. The van der Waals surface area contributed by atoms with Gasteiger partial charge in [-0.3, -0.25) is 0 Å². The van der Waals surface area contributed by atoms with Crippen LogP contribution in [-0.2, 0) is 4.74 Å². The standard InChI is InChI=1S/C12H23N3OS/c1-5-17-9-10(2)14-12-13-6-7-15(12)11(3)8-16-4/h6-7,10-11H,5,8-9H2,1-4H3,(H,13,14). The second-order valence-corrected chi connectivity index (χ2v) is 5.49. The number of methoxy groups -OCH3 is 1. The summed E-state index contributed by atoms with van der Waals surface area (Å²) in [6, 6.07) is 0.729. The maximum Gasteiger partial charge on any atom is 0.203 e. The van der Waals surface area contributed by atoms with Crippen molar-refractivity contribution >= 4 is 17.7 Å². The van der Waals surface area contributed by atoms with E-state index in [-0.39, 0.29) is 0 Å². The highest BCUT2D eigenvalue weighted by Crippen LogP contribution is 2.15. The molecule has 0 saturated carbocycles. The molecular weight excluding hydrogens is 234 g/mol. The Morgan fingerprint density at radius 1 is 1.53 bits per heavy atom. The number of ether oxygens (including phenoxy) is 1. The lowest BCUT2D eigenvalue weighted by atomic mass is 10.3. The average molecular weight is 257 g/mol. The van der Waals surface area contributed by atoms with Gasteiger partial charge in [0.25, 0.3) is 0 Å². The van der Waals surface area contributed by atoms with Gasteiger partial charge in [-0.25, -0.2) is 4.98 Å². The topological polar surface area (TPSA) is 39.1 Å². The third-order valence-electron chi connectivity index (χ3n) is 2.50. The van der Waals surface area contributed by atoms with Gasteiger partial charge in [-0.05, 0) is 19.6 Å². The molecule has 0 fully saturated rings. The monoisotopic (exact) mass is 257 g/mol. The van der Waals surface area contributed by atoms with Gasteiger partial charge in [0.05, 0.1) is 12.6 Å². The van der Waals surface area contributed by atoms with Gasteiger partial charge in [0.15, 0.2) is 0 Å². The number of nitrogens with zero attached hydrogens (tertiary/aromatic N) is 2. The van der Waals surface area contributed by atoms with Crippen LogP contribution in [0.2, 0.25) is 0 Å². The third-order valence-corrected chi connectivity index (χ3v) is 3.64. The summed E-state index contributed by atoms with van der Waals surface area (Å²) in [6.45, 7) is 7.19. The number of anilines is 1. The molecule has 0 aliphatic heterocycles. The summed E-state index contributed by atoms with van der Waals surface area (Å²) in [6.07, 6.45) is 3.82. The fraction of sp³-hybridized carbons (Fsp3) is 0.750. The van der Waals surface area contributed by atoms with Crippen molar-refractivity contribution in [3.8, 4) is 0 Å². The highest BCUT2D eigenvalue weighted by atomic mass is 32.2. The van der Waals surface area contributed by atoms with Crippen molar-refractivity contribution in [3.05, 3.63) is 12.4 Å². The van der Waals surface area contributed by atoms with Gasteiger partial charge in [-0.15, -0.1) is 0 Å². The Bertz CT molecular complexity index is 316. The largest absolute Gasteiger partial charge is 0.383 e. The zero-order valence-electron chi connectivity index (χ0n) is 11.1. The number of imidazole rings is 1. The van der Waals surface area contributed by atoms with Gasteiger partial charge in [0, 0.05) is 31.3 Å². The minimum atomic E-state index is 0.302. The summed E-state index contributed by atoms with van der Waals surface area (Å²) >= 11 is 1.94. The Morgan fingerprint density at radius 2 is 2.29 bits per heavy atom. The van der Waals surface area contributed by atoms with E-state index in [1.165, 1.54) is 0 Å². The first-order chi connectivity index (χ1) is 8.19. The maximum atomic E-state index is 5.17. The molecule has 1 aromatic rings. The van der Waals surface area contributed by atoms with Crippen LogP contribution in [0.4, 0.5) is 5.95 Å². The minimum Gasteiger partial charge on any atom is -0.383 e. The van der Waals surface area contributed by atoms with Crippen molar-refractivity contribution in [2.75, 3.05) is 30.5 Å². The van der Waals surface area contributed by atoms with Crippen molar-refractivity contribution in [1.29, 1.82) is 0 Å². The predicted octanol–water partition coefficient (Wildman–Crippen LogP) is 2.64. The number of rotatable bonds is 8. The quantitative estimate of drug-likeness (QED) is 0.777. The highest BCUT2D eigenvalue weighted by molar-refractivity contribution is 7.99. The molecule has 0 spiro atoms. The van der Waals surface area contributed by atoms with E-state index in [1.807, 2.05) is 24.2 Å². The van der Waals surface area contributed by atoms with E-state index in [9.17, 15) is 0 Å². The van der Waals surface area contributed by atoms with Gasteiger partial charge in [-0.2, -0.15) is 11.8 Å². The minimum absolute atomic E-state index is 0.302. The lowest BCUT2D eigenvalue weighted by molar-refractivity contribution is 0.163. The number of aromatic nitrogens is 2. The Balaban J connectivity index is 2.56. The molecule has 2 unspecified atom stereocenters. The van der Waals surface area contributed by atoms with Crippen LogP contribution in [0.3, 0.4) is 0 Å². The molecule has 5 heteroatoms. The van der Waals surface area contributed by atoms with Crippen LogP contribution >= 0.6 is 11.8 Å². The second-order valence-electron chi connectivity index (χ2n) is 4.17. The zero-order chi connectivity index (χ0) is 12.7. The van der Waals surface area contributed by atoms with Crippen LogP contribution in [0.1, 0.15) is 26.8 Å². The number of hydrogen-bond donors (Lipinski definition) is 1. The number of hydrogen-bond acceptors (Lipinski definition) is 4. The lowest BCUT2D eigenvalue weighted by Gasteiger charge is -2.19. The SMILES string of the molecule is CCSCC(C)Nc1nccn1C(C)COC. The molecule has 1 aromatic heterocycles. The van der Waals surface area contributed by atoms with Gasteiger partial charge < -0.3 is 14.6 Å². The van der Waals surface area contributed by atoms with Crippen LogP contribution in [0.5, 0.6) is 0 Å². The van der Waals surface area contributed by atoms with Gasteiger partial charge in [-0.1, -0.05) is 6.92 Å². The molecule has 17 heavy (non-hydrogen) atoms. The normalized spacial score (nSPS) is 14.6. The van der Waals surface area contributed by atoms with E-state index in [0.717, 1.165) is 17.5 Å². The van der Waals surface area contributed by atoms with Gasteiger partial charge in [0.2, 0.25) is 5.95 Å². The molecule has 0 aromatic carbocycles. The summed E-state index contributed by atoms with van der Waals surface area (Å²) in [4.78, 5) is 4.35. The Labute approximate surface area is 108 Å². The van der Waals surface area contributed by atoms with Crippen LogP contribution < -0.4 is 5.32 Å². The molecule has 0 bridgehead atoms. The third kappa shape index (κ3) is 4.60. The van der Waals surface area contributed by atoms with Crippen LogP contribution in [0.15, 0.2) is 12.4 Å².